The molecule has 0 aromatic carbocycles. The van der Waals surface area contributed by atoms with Crippen LogP contribution in [0.25, 0.3) is 0 Å². The minimum Gasteiger partial charge on any atom is -0.351 e. The van der Waals surface area contributed by atoms with Crippen LogP contribution in [0.3, 0.4) is 0 Å². The van der Waals surface area contributed by atoms with Gasteiger partial charge in [-0.3, -0.25) is 9.69 Å². The Morgan fingerprint density at radius 2 is 1.88 bits per heavy atom. The van der Waals surface area contributed by atoms with Crippen molar-refractivity contribution in [3.05, 3.63) is 41.9 Å². The maximum Gasteiger partial charge on any atom is 0.238 e. The zero-order chi connectivity index (χ0) is 17.9. The van der Waals surface area contributed by atoms with Gasteiger partial charge in [0.15, 0.2) is 0 Å². The van der Waals surface area contributed by atoms with Crippen LogP contribution in [-0.4, -0.2) is 32.9 Å². The molecule has 3 aliphatic rings. The molecule has 0 atom stereocenters. The highest BCUT2D eigenvalue weighted by Crippen LogP contribution is 2.44. The van der Waals surface area contributed by atoms with E-state index in [4.69, 9.17) is 0 Å². The van der Waals surface area contributed by atoms with Crippen LogP contribution < -0.4 is 10.2 Å². The van der Waals surface area contributed by atoms with Crippen LogP contribution in [0.15, 0.2) is 30.7 Å². The van der Waals surface area contributed by atoms with Crippen molar-refractivity contribution in [1.29, 1.82) is 0 Å². The monoisotopic (exact) mass is 349 g/mol. The van der Waals surface area contributed by atoms with Gasteiger partial charge in [-0.1, -0.05) is 6.07 Å². The van der Waals surface area contributed by atoms with Gasteiger partial charge in [-0.15, -0.1) is 0 Å². The summed E-state index contributed by atoms with van der Waals surface area (Å²) in [6.45, 7) is 3.97. The normalized spacial score (nSPS) is 26.4. The number of hydrogen-bond acceptors (Lipinski definition) is 5. The second kappa shape index (κ2) is 5.50. The number of carbonyl (C=O) groups excluding carboxylic acids is 1. The van der Waals surface area contributed by atoms with E-state index >= 15 is 0 Å². The molecule has 0 saturated heterocycles. The summed E-state index contributed by atoms with van der Waals surface area (Å²) in [7, 11) is 0. The molecule has 2 fully saturated rings. The number of carbonyl (C=O) groups is 1. The first kappa shape index (κ1) is 15.7. The molecule has 0 unspecified atom stereocenters. The second-order valence-corrected chi connectivity index (χ2v) is 8.26. The van der Waals surface area contributed by atoms with Crippen molar-refractivity contribution in [1.82, 2.24) is 15.0 Å². The number of anilines is 2. The zero-order valence-electron chi connectivity index (χ0n) is 15.1. The van der Waals surface area contributed by atoms with Gasteiger partial charge in [-0.2, -0.15) is 0 Å². The Hall–Kier alpha value is -2.50. The molecule has 6 heteroatoms. The lowest BCUT2D eigenvalue weighted by molar-refractivity contribution is -0.122. The zero-order valence-corrected chi connectivity index (χ0v) is 15.1. The molecule has 2 aromatic heterocycles. The number of amides is 1. The van der Waals surface area contributed by atoms with E-state index in [0.717, 1.165) is 24.2 Å². The standard InChI is InChI=1S/C20H23N5O/c1-20(2)16-4-3-7-21-17(16)25(18(20)26)15-8-14(9-15)24-19-22-10-13(11-23-19)12-5-6-12/h3-4,7,10-12,14-15H,5-6,8-9H2,1-2H3,(H,22,23,24). The molecule has 2 saturated carbocycles. The second-order valence-electron chi connectivity index (χ2n) is 8.26. The van der Waals surface area contributed by atoms with Gasteiger partial charge in [-0.05, 0) is 57.1 Å². The Kier molecular flexibility index (Phi) is 3.33. The van der Waals surface area contributed by atoms with Gasteiger partial charge in [0.05, 0.1) is 5.41 Å². The van der Waals surface area contributed by atoms with E-state index in [2.05, 4.69) is 20.3 Å². The van der Waals surface area contributed by atoms with E-state index in [0.29, 0.717) is 17.9 Å². The quantitative estimate of drug-likeness (QED) is 0.919. The van der Waals surface area contributed by atoms with Crippen LogP contribution in [0.1, 0.15) is 56.6 Å². The summed E-state index contributed by atoms with van der Waals surface area (Å²) in [5, 5.41) is 3.40. The fourth-order valence-electron chi connectivity index (χ4n) is 4.07. The molecular formula is C20H23N5O. The van der Waals surface area contributed by atoms with Crippen molar-refractivity contribution in [3.63, 3.8) is 0 Å². The highest BCUT2D eigenvalue weighted by atomic mass is 16.2. The van der Waals surface area contributed by atoms with E-state index in [1.54, 1.807) is 6.20 Å². The molecule has 134 valence electrons. The number of fused-ring (bicyclic) bond motifs is 1. The fraction of sp³-hybridized carbons (Fsp3) is 0.500. The van der Waals surface area contributed by atoms with Crippen molar-refractivity contribution in [2.24, 2.45) is 0 Å². The van der Waals surface area contributed by atoms with Crippen molar-refractivity contribution in [2.75, 3.05) is 10.2 Å². The topological polar surface area (TPSA) is 71.0 Å². The molecule has 2 aromatic rings. The van der Waals surface area contributed by atoms with E-state index in [1.165, 1.54) is 18.4 Å². The van der Waals surface area contributed by atoms with Gasteiger partial charge < -0.3 is 5.32 Å². The molecule has 26 heavy (non-hydrogen) atoms. The van der Waals surface area contributed by atoms with Gasteiger partial charge >= 0.3 is 0 Å². The Labute approximate surface area is 153 Å². The highest BCUT2D eigenvalue weighted by Gasteiger charge is 2.50. The Morgan fingerprint density at radius 3 is 2.58 bits per heavy atom. The fourth-order valence-corrected chi connectivity index (χ4v) is 4.07. The number of nitrogens with one attached hydrogen (secondary N) is 1. The summed E-state index contributed by atoms with van der Waals surface area (Å²) in [5.74, 6) is 2.34. The van der Waals surface area contributed by atoms with Crippen LogP contribution in [-0.2, 0) is 10.2 Å². The first-order valence-electron chi connectivity index (χ1n) is 9.41. The summed E-state index contributed by atoms with van der Waals surface area (Å²) in [4.78, 5) is 28.2. The van der Waals surface area contributed by atoms with E-state index in [1.807, 2.05) is 43.3 Å². The molecule has 1 amide bonds. The SMILES string of the molecule is CC1(C)C(=O)N(C2CC(Nc3ncc(C4CC4)cn3)C2)c2ncccc21. The van der Waals surface area contributed by atoms with E-state index in [9.17, 15) is 4.79 Å². The van der Waals surface area contributed by atoms with Crippen LogP contribution in [0, 0.1) is 0 Å². The first-order valence-corrected chi connectivity index (χ1v) is 9.41. The Bertz CT molecular complexity index is 853. The Balaban J connectivity index is 1.26. The lowest BCUT2D eigenvalue weighted by Crippen LogP contribution is -2.53. The predicted molar refractivity (Wildman–Crippen MR) is 99.2 cm³/mol. The smallest absolute Gasteiger partial charge is 0.238 e. The number of nitrogens with zero attached hydrogens (tertiary/aromatic N) is 4. The van der Waals surface area contributed by atoms with Crippen molar-refractivity contribution < 1.29 is 4.79 Å². The molecule has 1 N–H and O–H groups in total. The molecule has 3 heterocycles. The minimum absolute atomic E-state index is 0.152. The summed E-state index contributed by atoms with van der Waals surface area (Å²) >= 11 is 0. The Morgan fingerprint density at radius 1 is 1.15 bits per heavy atom. The maximum atomic E-state index is 12.9. The third kappa shape index (κ3) is 2.39. The largest absolute Gasteiger partial charge is 0.351 e. The van der Waals surface area contributed by atoms with Crippen LogP contribution in [0.5, 0.6) is 0 Å². The van der Waals surface area contributed by atoms with Gasteiger partial charge in [0.25, 0.3) is 0 Å². The number of hydrogen-bond donors (Lipinski definition) is 1. The highest BCUT2D eigenvalue weighted by molar-refractivity contribution is 6.07. The van der Waals surface area contributed by atoms with Crippen molar-refractivity contribution in [2.45, 2.75) is 62.9 Å². The number of pyridine rings is 1. The summed E-state index contributed by atoms with van der Waals surface area (Å²) < 4.78 is 0. The molecule has 0 radical (unpaired) electrons. The van der Waals surface area contributed by atoms with Crippen molar-refractivity contribution >= 4 is 17.7 Å². The first-order chi connectivity index (χ1) is 12.5. The average Bonchev–Trinajstić information content (AvgIpc) is 3.43. The molecule has 0 bridgehead atoms. The van der Waals surface area contributed by atoms with E-state index in [-0.39, 0.29) is 11.9 Å². The lowest BCUT2D eigenvalue weighted by atomic mass is 9.84. The van der Waals surface area contributed by atoms with Crippen LogP contribution >= 0.6 is 0 Å². The third-order valence-electron chi connectivity index (χ3n) is 5.97. The van der Waals surface area contributed by atoms with Crippen LogP contribution in [0.2, 0.25) is 0 Å². The van der Waals surface area contributed by atoms with Gasteiger partial charge in [0.2, 0.25) is 11.9 Å². The molecule has 6 nitrogen and oxygen atoms in total. The van der Waals surface area contributed by atoms with Gasteiger partial charge in [-0.25, -0.2) is 15.0 Å². The summed E-state index contributed by atoms with van der Waals surface area (Å²) in [6.07, 6.45) is 9.96. The molecule has 5 rings (SSSR count). The van der Waals surface area contributed by atoms with Crippen molar-refractivity contribution in [3.8, 4) is 0 Å². The summed E-state index contributed by atoms with van der Waals surface area (Å²) in [5.41, 5.74) is 1.78. The number of rotatable bonds is 4. The molecular weight excluding hydrogens is 326 g/mol. The van der Waals surface area contributed by atoms with Crippen LogP contribution in [0.4, 0.5) is 11.8 Å². The maximum absolute atomic E-state index is 12.9. The summed E-state index contributed by atoms with van der Waals surface area (Å²) in [6, 6.07) is 4.42. The average molecular weight is 349 g/mol. The minimum atomic E-state index is -0.496. The van der Waals surface area contributed by atoms with Gasteiger partial charge in [0, 0.05) is 36.2 Å². The van der Waals surface area contributed by atoms with E-state index < -0.39 is 5.41 Å². The number of aromatic nitrogens is 3. The molecule has 0 spiro atoms. The molecule has 1 aliphatic heterocycles. The third-order valence-corrected chi connectivity index (χ3v) is 5.97. The lowest BCUT2D eigenvalue weighted by Gasteiger charge is -2.41. The van der Waals surface area contributed by atoms with Gasteiger partial charge in [0.1, 0.15) is 5.82 Å². The molecule has 2 aliphatic carbocycles. The predicted octanol–water partition coefficient (Wildman–Crippen LogP) is 3.02.